The molecule has 1 aromatic heterocycles. The van der Waals surface area contributed by atoms with Crippen LogP contribution in [0.3, 0.4) is 0 Å². The van der Waals surface area contributed by atoms with E-state index in [4.69, 9.17) is 11.2 Å². The van der Waals surface area contributed by atoms with Crippen molar-refractivity contribution in [3.05, 3.63) is 53.4 Å². The molecular weight excluding hydrogens is 368 g/mol. The zero-order valence-electron chi connectivity index (χ0n) is 17.8. The maximum Gasteiger partial charge on any atom is 0.266 e. The van der Waals surface area contributed by atoms with E-state index in [2.05, 4.69) is 29.7 Å². The number of hydrogen-bond donors (Lipinski definition) is 2. The van der Waals surface area contributed by atoms with Crippen molar-refractivity contribution in [1.82, 2.24) is 10.6 Å². The first-order chi connectivity index (χ1) is 13.3. The smallest absolute Gasteiger partial charge is 0.266 e. The highest BCUT2D eigenvalue weighted by atomic mass is 32.1. The molecule has 154 valence electrons. The Labute approximate surface area is 174 Å². The van der Waals surface area contributed by atoms with Crippen molar-refractivity contribution in [2.24, 2.45) is 0 Å². The Morgan fingerprint density at radius 2 is 2.11 bits per heavy atom. The van der Waals surface area contributed by atoms with Crippen LogP contribution in [0, 0.1) is 12.3 Å². The van der Waals surface area contributed by atoms with Crippen LogP contribution in [0.5, 0.6) is 5.75 Å². The third-order valence-corrected chi connectivity index (χ3v) is 4.51. The molecule has 1 aromatic rings. The molecule has 1 rings (SSSR count). The highest BCUT2D eigenvalue weighted by Gasteiger charge is 2.21. The zero-order chi connectivity index (χ0) is 21.6. The predicted molar refractivity (Wildman–Crippen MR) is 122 cm³/mol. The van der Waals surface area contributed by atoms with Gasteiger partial charge in [0.25, 0.3) is 5.91 Å². The van der Waals surface area contributed by atoms with Gasteiger partial charge in [-0.2, -0.15) is 0 Å². The molecule has 0 aliphatic rings. The summed E-state index contributed by atoms with van der Waals surface area (Å²) in [6.45, 7) is 17.6. The second kappa shape index (κ2) is 13.7. The number of carbonyl (C=O) groups excluding carboxylic acids is 1. The van der Waals surface area contributed by atoms with Crippen LogP contribution in [0.4, 0.5) is 0 Å². The van der Waals surface area contributed by atoms with Gasteiger partial charge in [0, 0.05) is 12.5 Å². The number of hydrogen-bond acceptors (Lipinski definition) is 4. The van der Waals surface area contributed by atoms with Crippen LogP contribution in [0.15, 0.2) is 48.5 Å². The van der Waals surface area contributed by atoms with Crippen LogP contribution in [-0.2, 0) is 0 Å². The second-order valence-corrected chi connectivity index (χ2v) is 7.34. The van der Waals surface area contributed by atoms with Gasteiger partial charge in [-0.1, -0.05) is 31.9 Å². The SMILES string of the molecule is C#CC(C)(C)NC(=O)c1sccc1OCC/C(=C/NC(C)C=C)CC=C.CC. The lowest BCUT2D eigenvalue weighted by Crippen LogP contribution is -2.41. The molecule has 0 bridgehead atoms. The monoisotopic (exact) mass is 402 g/mol. The minimum absolute atomic E-state index is 0.197. The topological polar surface area (TPSA) is 50.4 Å². The summed E-state index contributed by atoms with van der Waals surface area (Å²) in [6, 6.07) is 2.00. The lowest BCUT2D eigenvalue weighted by Gasteiger charge is -2.19. The molecule has 0 fully saturated rings. The van der Waals surface area contributed by atoms with Gasteiger partial charge >= 0.3 is 0 Å². The van der Waals surface area contributed by atoms with E-state index in [1.54, 1.807) is 19.9 Å². The van der Waals surface area contributed by atoms with Crippen molar-refractivity contribution in [2.75, 3.05) is 6.61 Å². The van der Waals surface area contributed by atoms with E-state index in [1.807, 2.05) is 44.5 Å². The van der Waals surface area contributed by atoms with Gasteiger partial charge in [-0.15, -0.1) is 30.9 Å². The number of amides is 1. The third-order valence-electron chi connectivity index (χ3n) is 3.61. The normalized spacial score (nSPS) is 11.9. The average molecular weight is 403 g/mol. The summed E-state index contributed by atoms with van der Waals surface area (Å²) in [5.74, 6) is 2.91. The largest absolute Gasteiger partial charge is 0.492 e. The van der Waals surface area contributed by atoms with E-state index in [-0.39, 0.29) is 11.9 Å². The van der Waals surface area contributed by atoms with Crippen molar-refractivity contribution in [3.63, 3.8) is 0 Å². The first-order valence-corrected chi connectivity index (χ1v) is 10.4. The highest BCUT2D eigenvalue weighted by Crippen LogP contribution is 2.26. The highest BCUT2D eigenvalue weighted by molar-refractivity contribution is 7.12. The quantitative estimate of drug-likeness (QED) is 0.390. The van der Waals surface area contributed by atoms with Crippen molar-refractivity contribution in [3.8, 4) is 18.1 Å². The summed E-state index contributed by atoms with van der Waals surface area (Å²) < 4.78 is 5.83. The van der Waals surface area contributed by atoms with Crippen molar-refractivity contribution in [2.45, 2.75) is 59.0 Å². The van der Waals surface area contributed by atoms with Gasteiger partial charge in [-0.05, 0) is 50.4 Å². The lowest BCUT2D eigenvalue weighted by molar-refractivity contribution is 0.0930. The molecule has 0 saturated heterocycles. The Bertz CT molecular complexity index is 696. The van der Waals surface area contributed by atoms with E-state index in [0.29, 0.717) is 17.2 Å². The molecule has 0 aliphatic carbocycles. The van der Waals surface area contributed by atoms with Gasteiger partial charge in [0.2, 0.25) is 0 Å². The Morgan fingerprint density at radius 1 is 1.43 bits per heavy atom. The van der Waals surface area contributed by atoms with E-state index >= 15 is 0 Å². The summed E-state index contributed by atoms with van der Waals surface area (Å²) in [5, 5.41) is 7.91. The van der Waals surface area contributed by atoms with Gasteiger partial charge in [-0.3, -0.25) is 4.79 Å². The Kier molecular flexibility index (Phi) is 12.5. The van der Waals surface area contributed by atoms with Crippen LogP contribution >= 0.6 is 11.3 Å². The van der Waals surface area contributed by atoms with E-state index < -0.39 is 5.54 Å². The standard InChI is InChI=1S/C21H28N2O2S.C2H6/c1-7-10-17(15-22-16(4)8-2)11-13-25-18-12-14-26-19(18)20(24)23-21(5,6)9-3;1-2/h3,7-8,12,14-16,22H,1-2,10-11,13H2,4-6H3,(H,23,24);1-2H3/b17-15+;. The fourth-order valence-electron chi connectivity index (χ4n) is 1.98. The average Bonchev–Trinajstić information content (AvgIpc) is 3.15. The van der Waals surface area contributed by atoms with Gasteiger partial charge in [0.1, 0.15) is 10.6 Å². The maximum atomic E-state index is 12.4. The Balaban J connectivity index is 0.00000352. The van der Waals surface area contributed by atoms with Gasteiger partial charge in [0.15, 0.2) is 0 Å². The minimum Gasteiger partial charge on any atom is -0.492 e. The summed E-state index contributed by atoms with van der Waals surface area (Å²) in [6.07, 6.45) is 12.6. The minimum atomic E-state index is -0.703. The number of thiophene rings is 1. The molecule has 1 amide bonds. The number of carbonyl (C=O) groups is 1. The number of allylic oxidation sites excluding steroid dienone is 1. The molecule has 4 nitrogen and oxygen atoms in total. The molecule has 0 radical (unpaired) electrons. The number of rotatable bonds is 11. The maximum absolute atomic E-state index is 12.4. The fourth-order valence-corrected chi connectivity index (χ4v) is 2.71. The third kappa shape index (κ3) is 9.48. The predicted octanol–water partition coefficient (Wildman–Crippen LogP) is 5.31. The molecule has 1 heterocycles. The summed E-state index contributed by atoms with van der Waals surface area (Å²) >= 11 is 1.34. The van der Waals surface area contributed by atoms with Crippen LogP contribution in [0.25, 0.3) is 0 Å². The number of nitrogens with one attached hydrogen (secondary N) is 2. The van der Waals surface area contributed by atoms with Crippen molar-refractivity contribution < 1.29 is 9.53 Å². The van der Waals surface area contributed by atoms with Gasteiger partial charge < -0.3 is 15.4 Å². The lowest BCUT2D eigenvalue weighted by atomic mass is 10.1. The summed E-state index contributed by atoms with van der Waals surface area (Å²) in [4.78, 5) is 12.9. The van der Waals surface area contributed by atoms with Crippen molar-refractivity contribution >= 4 is 17.2 Å². The molecule has 0 spiro atoms. The Hall–Kier alpha value is -2.45. The first-order valence-electron chi connectivity index (χ1n) is 9.51. The van der Waals surface area contributed by atoms with Crippen molar-refractivity contribution in [1.29, 1.82) is 0 Å². The molecule has 1 atom stereocenters. The number of terminal acetylenes is 1. The van der Waals surface area contributed by atoms with Crippen LogP contribution in [-0.4, -0.2) is 24.1 Å². The van der Waals surface area contributed by atoms with Gasteiger partial charge in [-0.25, -0.2) is 0 Å². The molecular formula is C23H34N2O2S. The van der Waals surface area contributed by atoms with Gasteiger partial charge in [0.05, 0.1) is 12.1 Å². The second-order valence-electron chi connectivity index (χ2n) is 6.42. The van der Waals surface area contributed by atoms with Crippen LogP contribution in [0.1, 0.15) is 57.1 Å². The molecule has 1 unspecified atom stereocenters. The van der Waals surface area contributed by atoms with E-state index in [1.165, 1.54) is 16.9 Å². The first kappa shape index (κ1) is 25.6. The molecule has 5 heteroatoms. The number of ether oxygens (including phenoxy) is 1. The molecule has 0 saturated carbocycles. The molecule has 2 N–H and O–H groups in total. The van der Waals surface area contributed by atoms with E-state index in [0.717, 1.165) is 12.8 Å². The summed E-state index contributed by atoms with van der Waals surface area (Å²) in [7, 11) is 0. The zero-order valence-corrected chi connectivity index (χ0v) is 18.6. The molecule has 0 aliphatic heterocycles. The van der Waals surface area contributed by atoms with Crippen LogP contribution in [0.2, 0.25) is 0 Å². The molecule has 28 heavy (non-hydrogen) atoms. The summed E-state index contributed by atoms with van der Waals surface area (Å²) in [5.41, 5.74) is 0.467. The Morgan fingerprint density at radius 3 is 2.68 bits per heavy atom. The molecule has 0 aromatic carbocycles. The van der Waals surface area contributed by atoms with Crippen LogP contribution < -0.4 is 15.4 Å². The van der Waals surface area contributed by atoms with E-state index in [9.17, 15) is 4.79 Å². The fraction of sp³-hybridized carbons (Fsp3) is 0.435.